The van der Waals surface area contributed by atoms with Crippen molar-refractivity contribution in [1.29, 1.82) is 0 Å². The minimum Gasteiger partial charge on any atom is -0.490 e. The first-order chi connectivity index (χ1) is 15.6. The van der Waals surface area contributed by atoms with Gasteiger partial charge in [0, 0.05) is 6.54 Å². The van der Waals surface area contributed by atoms with Crippen LogP contribution in [-0.2, 0) is 26.0 Å². The number of fused-ring (bicyclic) bond motifs is 1. The number of esters is 1. The zero-order chi connectivity index (χ0) is 24.3. The van der Waals surface area contributed by atoms with E-state index in [1.54, 1.807) is 0 Å². The zero-order valence-corrected chi connectivity index (χ0v) is 21.0. The molecule has 0 aliphatic carbocycles. The van der Waals surface area contributed by atoms with Crippen LogP contribution in [0.5, 0.6) is 11.5 Å². The molecule has 0 aromatic heterocycles. The molecule has 2 aromatic rings. The Kier molecular flexibility index (Phi) is 7.69. The Bertz CT molecular complexity index is 1120. The van der Waals surface area contributed by atoms with Crippen LogP contribution in [-0.4, -0.2) is 45.6 Å². The molecule has 0 fully saturated rings. The average Bonchev–Trinajstić information content (AvgIpc) is 2.73. The first-order valence-corrected chi connectivity index (χ1v) is 12.7. The van der Waals surface area contributed by atoms with Crippen molar-refractivity contribution in [3.05, 3.63) is 52.1 Å². The van der Waals surface area contributed by atoms with Crippen molar-refractivity contribution in [2.75, 3.05) is 26.9 Å². The lowest BCUT2D eigenvalue weighted by Crippen LogP contribution is -2.41. The number of sulfonamides is 1. The van der Waals surface area contributed by atoms with E-state index in [1.165, 1.54) is 11.4 Å². The van der Waals surface area contributed by atoms with E-state index in [0.717, 1.165) is 16.7 Å². The fourth-order valence-corrected chi connectivity index (χ4v) is 6.68. The summed E-state index contributed by atoms with van der Waals surface area (Å²) >= 11 is 0. The molecule has 3 rings (SSSR count). The van der Waals surface area contributed by atoms with Crippen molar-refractivity contribution in [2.24, 2.45) is 0 Å². The molecule has 0 saturated heterocycles. The molecule has 1 aliphatic rings. The van der Waals surface area contributed by atoms with E-state index in [9.17, 15) is 13.2 Å². The van der Waals surface area contributed by atoms with E-state index < -0.39 is 22.0 Å². The number of rotatable bonds is 8. The number of methoxy groups -OCH3 is 1. The predicted octanol–water partition coefficient (Wildman–Crippen LogP) is 4.26. The molecule has 0 radical (unpaired) electrons. The number of nitrogens with zero attached hydrogens (tertiary/aromatic N) is 1. The second-order valence-electron chi connectivity index (χ2n) is 8.25. The highest BCUT2D eigenvalue weighted by Gasteiger charge is 2.39. The van der Waals surface area contributed by atoms with Crippen LogP contribution in [0, 0.1) is 20.8 Å². The summed E-state index contributed by atoms with van der Waals surface area (Å²) in [6.07, 6.45) is 0.412. The number of aryl methyl sites for hydroxylation is 3. The van der Waals surface area contributed by atoms with Crippen molar-refractivity contribution >= 4 is 16.0 Å². The van der Waals surface area contributed by atoms with Gasteiger partial charge in [0.25, 0.3) is 0 Å². The van der Waals surface area contributed by atoms with Crippen LogP contribution in [0.1, 0.15) is 54.1 Å². The molecule has 1 heterocycles. The van der Waals surface area contributed by atoms with Gasteiger partial charge < -0.3 is 14.2 Å². The molecule has 7 nitrogen and oxygen atoms in total. The lowest BCUT2D eigenvalue weighted by Gasteiger charge is -2.37. The summed E-state index contributed by atoms with van der Waals surface area (Å²) in [5, 5.41) is 0. The van der Waals surface area contributed by atoms with E-state index in [1.807, 2.05) is 58.9 Å². The van der Waals surface area contributed by atoms with Crippen LogP contribution in [0.25, 0.3) is 0 Å². The largest absolute Gasteiger partial charge is 0.490 e. The third kappa shape index (κ3) is 5.01. The van der Waals surface area contributed by atoms with E-state index in [-0.39, 0.29) is 13.0 Å². The monoisotopic (exact) mass is 475 g/mol. The van der Waals surface area contributed by atoms with Crippen LogP contribution in [0.15, 0.2) is 29.2 Å². The number of benzene rings is 2. The van der Waals surface area contributed by atoms with Gasteiger partial charge in [0.15, 0.2) is 11.5 Å². The van der Waals surface area contributed by atoms with Crippen molar-refractivity contribution in [2.45, 2.75) is 58.4 Å². The van der Waals surface area contributed by atoms with Crippen molar-refractivity contribution in [1.82, 2.24) is 4.31 Å². The summed E-state index contributed by atoms with van der Waals surface area (Å²) in [7, 11) is -2.57. The molecule has 0 bridgehead atoms. The van der Waals surface area contributed by atoms with E-state index in [4.69, 9.17) is 14.2 Å². The van der Waals surface area contributed by atoms with Gasteiger partial charge in [-0.05, 0) is 75.4 Å². The Hall–Kier alpha value is -2.58. The van der Waals surface area contributed by atoms with Gasteiger partial charge in [0.2, 0.25) is 10.0 Å². The Labute approximate surface area is 196 Å². The molecular weight excluding hydrogens is 442 g/mol. The highest BCUT2D eigenvalue weighted by Crippen LogP contribution is 2.42. The Morgan fingerprint density at radius 2 is 1.58 bits per heavy atom. The predicted molar refractivity (Wildman–Crippen MR) is 126 cm³/mol. The molecule has 1 aliphatic heterocycles. The van der Waals surface area contributed by atoms with Crippen LogP contribution >= 0.6 is 0 Å². The number of hydrogen-bond donors (Lipinski definition) is 0. The van der Waals surface area contributed by atoms with Crippen molar-refractivity contribution in [3.8, 4) is 11.5 Å². The molecule has 180 valence electrons. The van der Waals surface area contributed by atoms with Gasteiger partial charge in [-0.3, -0.25) is 4.79 Å². The highest BCUT2D eigenvalue weighted by molar-refractivity contribution is 7.89. The van der Waals surface area contributed by atoms with Crippen LogP contribution in [0.3, 0.4) is 0 Å². The molecule has 0 spiro atoms. The number of hydrogen-bond acceptors (Lipinski definition) is 6. The molecular formula is C25H33NO6S. The lowest BCUT2D eigenvalue weighted by atomic mass is 9.91. The summed E-state index contributed by atoms with van der Waals surface area (Å²) in [5.74, 6) is 0.684. The second kappa shape index (κ2) is 10.1. The summed E-state index contributed by atoms with van der Waals surface area (Å²) < 4.78 is 45.7. The van der Waals surface area contributed by atoms with Gasteiger partial charge in [0.05, 0.1) is 37.7 Å². The Balaban J connectivity index is 2.17. The molecule has 0 N–H and O–H groups in total. The molecule has 1 unspecified atom stereocenters. The second-order valence-corrected chi connectivity index (χ2v) is 10.1. The lowest BCUT2D eigenvalue weighted by molar-refractivity contribution is -0.141. The van der Waals surface area contributed by atoms with Gasteiger partial charge in [-0.15, -0.1) is 0 Å². The average molecular weight is 476 g/mol. The fourth-order valence-electron chi connectivity index (χ4n) is 4.65. The van der Waals surface area contributed by atoms with Crippen molar-refractivity contribution in [3.63, 3.8) is 0 Å². The maximum atomic E-state index is 13.9. The van der Waals surface area contributed by atoms with Gasteiger partial charge >= 0.3 is 5.97 Å². The molecule has 8 heteroatoms. The van der Waals surface area contributed by atoms with Crippen molar-refractivity contribution < 1.29 is 27.4 Å². The third-order valence-corrected chi connectivity index (χ3v) is 8.09. The smallest absolute Gasteiger partial charge is 0.307 e. The Morgan fingerprint density at radius 1 is 1.00 bits per heavy atom. The maximum Gasteiger partial charge on any atom is 0.307 e. The molecule has 0 saturated carbocycles. The Morgan fingerprint density at radius 3 is 2.12 bits per heavy atom. The summed E-state index contributed by atoms with van der Waals surface area (Å²) in [6.45, 7) is 10.5. The quantitative estimate of drug-likeness (QED) is 0.531. The van der Waals surface area contributed by atoms with E-state index in [0.29, 0.717) is 47.2 Å². The summed E-state index contributed by atoms with van der Waals surface area (Å²) in [4.78, 5) is 12.7. The van der Waals surface area contributed by atoms with E-state index >= 15 is 0 Å². The summed E-state index contributed by atoms with van der Waals surface area (Å²) in [6, 6.07) is 6.75. The normalized spacial score (nSPS) is 16.2. The number of carbonyl (C=O) groups excluding carboxylic acids is 1. The maximum absolute atomic E-state index is 13.9. The minimum absolute atomic E-state index is 0.0910. The number of carbonyl (C=O) groups is 1. The first-order valence-electron chi connectivity index (χ1n) is 11.2. The fraction of sp³-hybridized carbons (Fsp3) is 0.480. The standard InChI is InChI=1S/C25H33NO6S/c1-7-31-22-13-19-9-10-26(33(28,29)25-17(4)11-16(3)12-18(25)5)21(15-24(27)30-6)20(19)14-23(22)32-8-2/h11-14,21H,7-10,15H2,1-6H3. The topological polar surface area (TPSA) is 82.1 Å². The minimum atomic E-state index is -3.88. The molecule has 33 heavy (non-hydrogen) atoms. The third-order valence-electron chi connectivity index (χ3n) is 5.87. The zero-order valence-electron chi connectivity index (χ0n) is 20.2. The number of ether oxygens (including phenoxy) is 3. The van der Waals surface area contributed by atoms with Gasteiger partial charge in [-0.25, -0.2) is 8.42 Å². The van der Waals surface area contributed by atoms with Crippen LogP contribution in [0.2, 0.25) is 0 Å². The highest BCUT2D eigenvalue weighted by atomic mass is 32.2. The summed E-state index contributed by atoms with van der Waals surface area (Å²) in [5.41, 5.74) is 4.07. The van der Waals surface area contributed by atoms with Crippen LogP contribution in [0.4, 0.5) is 0 Å². The van der Waals surface area contributed by atoms with Gasteiger partial charge in [-0.1, -0.05) is 17.7 Å². The molecule has 0 amide bonds. The van der Waals surface area contributed by atoms with Gasteiger partial charge in [-0.2, -0.15) is 4.31 Å². The first kappa shape index (κ1) is 25.1. The van der Waals surface area contributed by atoms with Crippen LogP contribution < -0.4 is 9.47 Å². The van der Waals surface area contributed by atoms with E-state index in [2.05, 4.69) is 0 Å². The van der Waals surface area contributed by atoms with Gasteiger partial charge in [0.1, 0.15) is 0 Å². The SMILES string of the molecule is CCOc1cc2c(cc1OCC)C(CC(=O)OC)N(S(=O)(=O)c1c(C)cc(C)cc1C)CC2. The molecule has 1 atom stereocenters. The molecule has 2 aromatic carbocycles.